The Bertz CT molecular complexity index is 892. The molecule has 4 saturated carbocycles. The molecule has 4 aliphatic carbocycles. The third kappa shape index (κ3) is 5.27. The maximum Gasteiger partial charge on any atom is 0.397 e. The van der Waals surface area contributed by atoms with E-state index in [9.17, 15) is 28.8 Å². The number of rotatable bonds is 8. The van der Waals surface area contributed by atoms with Gasteiger partial charge in [0.15, 0.2) is 0 Å². The molecular formula is C27H48O8S. The van der Waals surface area contributed by atoms with Crippen LogP contribution in [0.15, 0.2) is 0 Å². The van der Waals surface area contributed by atoms with Gasteiger partial charge in [-0.05, 0) is 105 Å². The molecule has 1 unspecified atom stereocenters. The summed E-state index contributed by atoms with van der Waals surface area (Å²) >= 11 is 0. The van der Waals surface area contributed by atoms with Crippen LogP contribution in [0.3, 0.4) is 0 Å². The third-order valence-electron chi connectivity index (χ3n) is 11.4. The summed E-state index contributed by atoms with van der Waals surface area (Å²) in [6.45, 7) is 7.80. The minimum absolute atomic E-state index is 0.0604. The van der Waals surface area contributed by atoms with Gasteiger partial charge in [-0.1, -0.05) is 33.6 Å². The van der Waals surface area contributed by atoms with Crippen molar-refractivity contribution >= 4 is 10.4 Å². The molecule has 0 bridgehead atoms. The van der Waals surface area contributed by atoms with Gasteiger partial charge in [0.25, 0.3) is 0 Å². The summed E-state index contributed by atoms with van der Waals surface area (Å²) in [4.78, 5) is 0. The average Bonchev–Trinajstić information content (AvgIpc) is 3.12. The maximum atomic E-state index is 11.7. The molecule has 0 aliphatic heterocycles. The first-order valence-electron chi connectivity index (χ1n) is 14.0. The molecule has 9 heteroatoms. The van der Waals surface area contributed by atoms with Gasteiger partial charge >= 0.3 is 10.4 Å². The molecule has 0 amide bonds. The molecule has 0 spiro atoms. The Morgan fingerprint density at radius 3 is 2.42 bits per heavy atom. The zero-order valence-corrected chi connectivity index (χ0v) is 23.2. The second-order valence-corrected chi connectivity index (χ2v) is 14.7. The lowest BCUT2D eigenvalue weighted by Gasteiger charge is -2.63. The summed E-state index contributed by atoms with van der Waals surface area (Å²) in [5.74, 6) is 1.65. The molecular weight excluding hydrogens is 484 g/mol. The molecule has 4 fully saturated rings. The Morgan fingerprint density at radius 1 is 1.06 bits per heavy atom. The molecule has 0 aromatic rings. The molecule has 0 aromatic carbocycles. The quantitative estimate of drug-likeness (QED) is 0.299. The predicted octanol–water partition coefficient (Wildman–Crippen LogP) is 3.32. The van der Waals surface area contributed by atoms with Gasteiger partial charge in [-0.3, -0.25) is 4.55 Å². The number of aliphatic hydroxyl groups excluding tert-OH is 3. The monoisotopic (exact) mass is 532 g/mol. The van der Waals surface area contributed by atoms with Crippen LogP contribution in [-0.2, 0) is 14.6 Å². The largest absolute Gasteiger partial charge is 0.397 e. The van der Waals surface area contributed by atoms with Crippen LogP contribution >= 0.6 is 0 Å². The highest BCUT2D eigenvalue weighted by molar-refractivity contribution is 7.80. The fraction of sp³-hybridized carbons (Fsp3) is 1.00. The first kappa shape index (κ1) is 28.7. The van der Waals surface area contributed by atoms with Gasteiger partial charge in [0.2, 0.25) is 0 Å². The third-order valence-corrected chi connectivity index (χ3v) is 11.8. The minimum Gasteiger partial charge on any atom is -0.393 e. The Morgan fingerprint density at radius 2 is 1.75 bits per heavy atom. The van der Waals surface area contributed by atoms with Crippen molar-refractivity contribution < 1.29 is 37.6 Å². The van der Waals surface area contributed by atoms with Gasteiger partial charge in [-0.15, -0.1) is 0 Å². The van der Waals surface area contributed by atoms with Gasteiger partial charge in [-0.2, -0.15) is 8.42 Å². The smallest absolute Gasteiger partial charge is 0.393 e. The van der Waals surface area contributed by atoms with Crippen molar-refractivity contribution in [3.63, 3.8) is 0 Å². The number of hydrogen-bond donors (Lipinski definition) is 5. The molecule has 0 radical (unpaired) electrons. The van der Waals surface area contributed by atoms with Crippen LogP contribution in [0.25, 0.3) is 0 Å². The molecule has 0 saturated heterocycles. The van der Waals surface area contributed by atoms with E-state index in [0.717, 1.165) is 44.9 Å². The lowest BCUT2D eigenvalue weighted by molar-refractivity contribution is -0.207. The van der Waals surface area contributed by atoms with Crippen LogP contribution in [0.2, 0.25) is 0 Å². The Labute approximate surface area is 216 Å². The highest BCUT2D eigenvalue weighted by atomic mass is 32.3. The molecule has 5 N–H and O–H groups in total. The van der Waals surface area contributed by atoms with Gasteiger partial charge in [0.05, 0.1) is 30.5 Å². The topological polar surface area (TPSA) is 145 Å². The highest BCUT2D eigenvalue weighted by Gasteiger charge is 2.65. The molecule has 8 nitrogen and oxygen atoms in total. The normalized spacial score (nSPS) is 47.4. The molecule has 0 heterocycles. The van der Waals surface area contributed by atoms with Crippen LogP contribution in [0.5, 0.6) is 0 Å². The van der Waals surface area contributed by atoms with Crippen LogP contribution in [-0.4, -0.2) is 63.9 Å². The fourth-order valence-corrected chi connectivity index (χ4v) is 9.81. The summed E-state index contributed by atoms with van der Waals surface area (Å²) in [5, 5.41) is 43.8. The van der Waals surface area contributed by atoms with Gasteiger partial charge in [-0.25, -0.2) is 4.18 Å². The van der Waals surface area contributed by atoms with Crippen LogP contribution < -0.4 is 0 Å². The summed E-state index contributed by atoms with van der Waals surface area (Å²) in [5.41, 5.74) is -1.57. The van der Waals surface area contributed by atoms with Crippen LogP contribution in [0.4, 0.5) is 0 Å². The standard InChI is InChI=1S/C27H48O8S/c1-16(6-5-10-25(2,31)15-35-36(32,33)34)19-7-8-20-24-21(14-23(30)27(19,20)4)26(3)11-9-18(28)12-17(26)13-22(24)29/h16-24,28-31H,5-15H2,1-4H3,(H,32,33,34)/t16-,17+,18-,19-,20+,21+,22-,23+,24+,25?,26+,27-/m1/s1. The van der Waals surface area contributed by atoms with Crippen LogP contribution in [0.1, 0.15) is 91.9 Å². The fourth-order valence-electron chi connectivity index (χ4n) is 9.41. The number of hydrogen-bond acceptors (Lipinski definition) is 7. The maximum absolute atomic E-state index is 11.7. The van der Waals surface area contributed by atoms with E-state index in [1.54, 1.807) is 0 Å². The van der Waals surface area contributed by atoms with E-state index in [1.807, 2.05) is 0 Å². The van der Waals surface area contributed by atoms with E-state index < -0.39 is 28.7 Å². The zero-order valence-electron chi connectivity index (χ0n) is 22.3. The van der Waals surface area contributed by atoms with Crippen LogP contribution in [0, 0.1) is 46.3 Å². The van der Waals surface area contributed by atoms with Gasteiger partial charge in [0, 0.05) is 0 Å². The van der Waals surface area contributed by atoms with Gasteiger partial charge < -0.3 is 20.4 Å². The van der Waals surface area contributed by atoms with E-state index in [1.165, 1.54) is 6.92 Å². The lowest BCUT2D eigenvalue weighted by atomic mass is 9.43. The summed E-state index contributed by atoms with van der Waals surface area (Å²) in [6, 6.07) is 0. The minimum atomic E-state index is -4.59. The summed E-state index contributed by atoms with van der Waals surface area (Å²) in [7, 11) is -4.59. The lowest BCUT2D eigenvalue weighted by Crippen LogP contribution is -2.62. The Balaban J connectivity index is 1.43. The zero-order chi connectivity index (χ0) is 26.7. The van der Waals surface area contributed by atoms with Crippen molar-refractivity contribution in [3.05, 3.63) is 0 Å². The molecule has 36 heavy (non-hydrogen) atoms. The van der Waals surface area contributed by atoms with E-state index in [4.69, 9.17) is 4.55 Å². The Kier molecular flexibility index (Phi) is 8.00. The van der Waals surface area contributed by atoms with Crippen molar-refractivity contribution in [1.29, 1.82) is 0 Å². The summed E-state index contributed by atoms with van der Waals surface area (Å²) in [6.07, 6.45) is 6.76. The number of aliphatic hydroxyl groups is 4. The Hall–Kier alpha value is -0.290. The summed E-state index contributed by atoms with van der Waals surface area (Å²) < 4.78 is 34.8. The first-order valence-corrected chi connectivity index (χ1v) is 15.3. The molecule has 210 valence electrons. The second kappa shape index (κ2) is 10.0. The molecule has 12 atom stereocenters. The SMILES string of the molecule is C[C@H](CCCC(C)(O)COS(=O)(=O)O)[C@H]1CC[C@H]2[C@@H]3[C@H](O)C[C@@H]4C[C@H](O)CC[C@]4(C)[C@H]3C[C@H](O)[C@]12C. The second-order valence-electron chi connectivity index (χ2n) is 13.6. The van der Waals surface area contributed by atoms with Crippen molar-refractivity contribution in [2.75, 3.05) is 6.61 Å². The van der Waals surface area contributed by atoms with E-state index in [2.05, 4.69) is 25.0 Å². The molecule has 4 rings (SSSR count). The number of fused-ring (bicyclic) bond motifs is 5. The molecule has 0 aromatic heterocycles. The predicted molar refractivity (Wildman–Crippen MR) is 135 cm³/mol. The first-order chi connectivity index (χ1) is 16.6. The van der Waals surface area contributed by atoms with Crippen molar-refractivity contribution in [2.45, 2.75) is 116 Å². The van der Waals surface area contributed by atoms with Crippen molar-refractivity contribution in [3.8, 4) is 0 Å². The average molecular weight is 533 g/mol. The van der Waals surface area contributed by atoms with E-state index in [-0.39, 0.29) is 40.8 Å². The van der Waals surface area contributed by atoms with Gasteiger partial charge in [0.1, 0.15) is 0 Å². The van der Waals surface area contributed by atoms with E-state index in [0.29, 0.717) is 37.0 Å². The van der Waals surface area contributed by atoms with E-state index >= 15 is 0 Å². The van der Waals surface area contributed by atoms with Crippen molar-refractivity contribution in [2.24, 2.45) is 46.3 Å². The van der Waals surface area contributed by atoms with Crippen molar-refractivity contribution in [1.82, 2.24) is 0 Å². The molecule has 4 aliphatic rings. The highest BCUT2D eigenvalue weighted by Crippen LogP contribution is 2.68.